The minimum atomic E-state index is -1.05. The molecular weight excluding hydrogens is 212 g/mol. The summed E-state index contributed by atoms with van der Waals surface area (Å²) in [5.74, 6) is -1.19. The molecule has 1 aliphatic rings. The summed E-state index contributed by atoms with van der Waals surface area (Å²) in [5, 5.41) is 13.6. The molecule has 1 fully saturated rings. The summed E-state index contributed by atoms with van der Waals surface area (Å²) in [6, 6.07) is -2.05. The Morgan fingerprint density at radius 1 is 1.44 bits per heavy atom. The van der Waals surface area contributed by atoms with Gasteiger partial charge in [0.2, 0.25) is 5.91 Å². The number of hydrogen-bond donors (Lipinski definition) is 3. The Hall–Kier alpha value is -1.43. The predicted octanol–water partition coefficient (Wildman–Crippen LogP) is -0.859. The van der Waals surface area contributed by atoms with Gasteiger partial charge in [0.25, 0.3) is 0 Å². The van der Waals surface area contributed by atoms with Crippen molar-refractivity contribution in [3.05, 3.63) is 0 Å². The summed E-state index contributed by atoms with van der Waals surface area (Å²) < 4.78 is 0. The molecule has 3 atom stereocenters. The number of nitrogens with one attached hydrogen (secondary N) is 2. The molecule has 0 bridgehead atoms. The maximum atomic E-state index is 11.5. The lowest BCUT2D eigenvalue weighted by Crippen LogP contribution is -2.40. The molecule has 6 nitrogen and oxygen atoms in total. The van der Waals surface area contributed by atoms with Gasteiger partial charge in [0.1, 0.15) is 18.4 Å². The molecule has 1 heterocycles. The van der Waals surface area contributed by atoms with E-state index in [9.17, 15) is 14.4 Å². The lowest BCUT2D eigenvalue weighted by atomic mass is 10.0. The second-order valence-electron chi connectivity index (χ2n) is 4.34. The normalized spacial score (nSPS) is 24.9. The first kappa shape index (κ1) is 12.6. The number of carbonyl (C=O) groups excluding carboxylic acids is 2. The van der Waals surface area contributed by atoms with Crippen LogP contribution in [0.3, 0.4) is 0 Å². The third-order valence-corrected chi connectivity index (χ3v) is 2.35. The molecule has 3 N–H and O–H groups in total. The van der Waals surface area contributed by atoms with E-state index in [4.69, 9.17) is 5.11 Å². The van der Waals surface area contributed by atoms with E-state index in [1.807, 2.05) is 13.8 Å². The SMILES string of the molecule is CC(C)C[C@@H](C=O)NC(=O)[C@H]1N[C@@H]1C(=O)O. The minimum absolute atomic E-state index is 0.290. The number of amides is 1. The number of rotatable bonds is 6. The van der Waals surface area contributed by atoms with Crippen LogP contribution in [0.1, 0.15) is 20.3 Å². The number of hydrogen-bond acceptors (Lipinski definition) is 4. The highest BCUT2D eigenvalue weighted by atomic mass is 16.4. The van der Waals surface area contributed by atoms with Crippen molar-refractivity contribution in [3.63, 3.8) is 0 Å². The summed E-state index contributed by atoms with van der Waals surface area (Å²) in [6.45, 7) is 3.89. The third-order valence-electron chi connectivity index (χ3n) is 2.35. The van der Waals surface area contributed by atoms with Crippen LogP contribution in [-0.2, 0) is 14.4 Å². The Bertz CT molecular complexity index is 303. The highest BCUT2D eigenvalue weighted by molar-refractivity contribution is 5.95. The quantitative estimate of drug-likeness (QED) is 0.405. The summed E-state index contributed by atoms with van der Waals surface area (Å²) in [5.41, 5.74) is 0. The highest BCUT2D eigenvalue weighted by Gasteiger charge is 2.48. The van der Waals surface area contributed by atoms with Gasteiger partial charge >= 0.3 is 5.97 Å². The third kappa shape index (κ3) is 3.30. The molecule has 0 radical (unpaired) electrons. The molecule has 1 saturated heterocycles. The van der Waals surface area contributed by atoms with Crippen LogP contribution in [0, 0.1) is 5.92 Å². The Morgan fingerprint density at radius 2 is 2.06 bits per heavy atom. The summed E-state index contributed by atoms with van der Waals surface area (Å²) in [4.78, 5) is 32.7. The number of aliphatic carboxylic acids is 1. The number of carboxylic acids is 1. The molecular formula is C10H16N2O4. The molecule has 16 heavy (non-hydrogen) atoms. The lowest BCUT2D eigenvalue weighted by molar-refractivity contribution is -0.137. The van der Waals surface area contributed by atoms with E-state index >= 15 is 0 Å². The van der Waals surface area contributed by atoms with Crippen molar-refractivity contribution in [2.24, 2.45) is 5.92 Å². The fraction of sp³-hybridized carbons (Fsp3) is 0.700. The molecule has 1 amide bonds. The van der Waals surface area contributed by atoms with Crippen molar-refractivity contribution in [2.75, 3.05) is 0 Å². The van der Waals surface area contributed by atoms with Gasteiger partial charge in [-0.15, -0.1) is 0 Å². The molecule has 0 aromatic carbocycles. The zero-order chi connectivity index (χ0) is 12.3. The Morgan fingerprint density at radius 3 is 2.44 bits per heavy atom. The van der Waals surface area contributed by atoms with Crippen LogP contribution in [0.2, 0.25) is 0 Å². The molecule has 0 saturated carbocycles. The second-order valence-corrected chi connectivity index (χ2v) is 4.34. The number of carbonyl (C=O) groups is 3. The van der Waals surface area contributed by atoms with E-state index in [1.54, 1.807) is 0 Å². The summed E-state index contributed by atoms with van der Waals surface area (Å²) >= 11 is 0. The predicted molar refractivity (Wildman–Crippen MR) is 55.8 cm³/mol. The molecule has 0 unspecified atom stereocenters. The van der Waals surface area contributed by atoms with Crippen molar-refractivity contribution in [1.82, 2.24) is 10.6 Å². The minimum Gasteiger partial charge on any atom is -0.480 e. The van der Waals surface area contributed by atoms with Gasteiger partial charge in [0.15, 0.2) is 0 Å². The van der Waals surface area contributed by atoms with Gasteiger partial charge < -0.3 is 15.2 Å². The average Bonchev–Trinajstić information content (AvgIpc) is 2.95. The van der Waals surface area contributed by atoms with Crippen molar-refractivity contribution >= 4 is 18.2 Å². The maximum absolute atomic E-state index is 11.5. The van der Waals surface area contributed by atoms with Crippen molar-refractivity contribution in [3.8, 4) is 0 Å². The van der Waals surface area contributed by atoms with Crippen LogP contribution >= 0.6 is 0 Å². The molecule has 0 aromatic rings. The van der Waals surface area contributed by atoms with Crippen LogP contribution < -0.4 is 10.6 Å². The first-order valence-electron chi connectivity index (χ1n) is 5.20. The fourth-order valence-electron chi connectivity index (χ4n) is 1.51. The van der Waals surface area contributed by atoms with E-state index in [1.165, 1.54) is 0 Å². The van der Waals surface area contributed by atoms with Crippen LogP contribution in [0.4, 0.5) is 0 Å². The highest BCUT2D eigenvalue weighted by Crippen LogP contribution is 2.12. The largest absolute Gasteiger partial charge is 0.480 e. The first-order chi connectivity index (χ1) is 7.45. The molecule has 0 aromatic heterocycles. The average molecular weight is 228 g/mol. The van der Waals surface area contributed by atoms with Crippen LogP contribution in [0.25, 0.3) is 0 Å². The molecule has 90 valence electrons. The Balaban J connectivity index is 2.39. The van der Waals surface area contributed by atoms with Gasteiger partial charge in [-0.3, -0.25) is 14.9 Å². The standard InChI is InChI=1S/C10H16N2O4/c1-5(2)3-6(4-13)11-9(14)7-8(12-7)10(15)16/h4-8,12H,3H2,1-2H3,(H,11,14)(H,15,16)/t6-,7-,8-/m0/s1. The Labute approximate surface area is 93.4 Å². The second kappa shape index (κ2) is 5.07. The van der Waals surface area contributed by atoms with Crippen molar-refractivity contribution in [2.45, 2.75) is 38.4 Å². The molecule has 0 spiro atoms. The molecule has 0 aliphatic carbocycles. The van der Waals surface area contributed by atoms with E-state index in [2.05, 4.69) is 10.6 Å². The van der Waals surface area contributed by atoms with E-state index < -0.39 is 30.0 Å². The topological polar surface area (TPSA) is 105 Å². The zero-order valence-electron chi connectivity index (χ0n) is 9.27. The fourth-order valence-corrected chi connectivity index (χ4v) is 1.51. The molecule has 1 aliphatic heterocycles. The van der Waals surface area contributed by atoms with Crippen molar-refractivity contribution in [1.29, 1.82) is 0 Å². The van der Waals surface area contributed by atoms with Crippen LogP contribution in [0.15, 0.2) is 0 Å². The van der Waals surface area contributed by atoms with Gasteiger partial charge in [-0.1, -0.05) is 13.8 Å². The zero-order valence-corrected chi connectivity index (χ0v) is 9.27. The van der Waals surface area contributed by atoms with Crippen molar-refractivity contribution < 1.29 is 19.5 Å². The summed E-state index contributed by atoms with van der Waals surface area (Å²) in [6.07, 6.45) is 1.23. The van der Waals surface area contributed by atoms with E-state index in [-0.39, 0.29) is 5.92 Å². The Kier molecular flexibility index (Phi) is 4.00. The molecule has 6 heteroatoms. The van der Waals surface area contributed by atoms with Gasteiger partial charge in [-0.25, -0.2) is 0 Å². The van der Waals surface area contributed by atoms with Crippen LogP contribution in [-0.4, -0.2) is 41.4 Å². The maximum Gasteiger partial charge on any atom is 0.322 e. The van der Waals surface area contributed by atoms with E-state index in [0.717, 1.165) is 0 Å². The first-order valence-corrected chi connectivity index (χ1v) is 5.20. The van der Waals surface area contributed by atoms with Crippen LogP contribution in [0.5, 0.6) is 0 Å². The smallest absolute Gasteiger partial charge is 0.322 e. The lowest BCUT2D eigenvalue weighted by Gasteiger charge is -2.14. The van der Waals surface area contributed by atoms with Gasteiger partial charge in [0, 0.05) is 0 Å². The van der Waals surface area contributed by atoms with Gasteiger partial charge in [0.05, 0.1) is 6.04 Å². The monoisotopic (exact) mass is 228 g/mol. The van der Waals surface area contributed by atoms with Gasteiger partial charge in [-0.05, 0) is 12.3 Å². The van der Waals surface area contributed by atoms with E-state index in [0.29, 0.717) is 12.7 Å². The number of carboxylic acid groups (broad SMARTS) is 1. The molecule has 1 rings (SSSR count). The van der Waals surface area contributed by atoms with Gasteiger partial charge in [-0.2, -0.15) is 0 Å². The summed E-state index contributed by atoms with van der Waals surface area (Å²) in [7, 11) is 0. The number of aldehydes is 1.